The molecule has 7 fully saturated rings. The first-order valence-corrected chi connectivity index (χ1v) is 33.1. The molecule has 0 radical (unpaired) electrons. The Morgan fingerprint density at radius 1 is 0.659 bits per heavy atom. The quantitative estimate of drug-likeness (QED) is 0.0579. The third-order valence-electron chi connectivity index (χ3n) is 21.6. The Bertz CT molecular complexity index is 2660. The van der Waals surface area contributed by atoms with E-state index in [0.29, 0.717) is 25.7 Å². The maximum Gasteiger partial charge on any atom is 0.346 e. The van der Waals surface area contributed by atoms with Gasteiger partial charge in [0.1, 0.15) is 23.5 Å². The third-order valence-corrected chi connectivity index (χ3v) is 21.6. The van der Waals surface area contributed by atoms with Crippen molar-refractivity contribution in [2.45, 2.75) is 296 Å². The molecule has 1 spiro atoms. The number of ketones is 1. The lowest BCUT2D eigenvalue weighted by atomic mass is 9.49. The van der Waals surface area contributed by atoms with Gasteiger partial charge in [-0.25, -0.2) is 4.79 Å². The second kappa shape index (κ2) is 26.9. The molecular weight excluding hydrogens is 1130 g/mol. The summed E-state index contributed by atoms with van der Waals surface area (Å²) in [5, 5.41) is 59.4. The molecule has 0 aromatic heterocycles. The van der Waals surface area contributed by atoms with Crippen LogP contribution in [0, 0.1) is 52.8 Å². The molecule has 6 heterocycles. The molecule has 0 aromatic rings. The van der Waals surface area contributed by atoms with E-state index in [2.05, 4.69) is 57.3 Å². The predicted octanol–water partition coefficient (Wildman–Crippen LogP) is 8.02. The van der Waals surface area contributed by atoms with Crippen molar-refractivity contribution < 1.29 is 92.0 Å². The minimum absolute atomic E-state index is 0.0149. The Morgan fingerprint density at radius 2 is 1.31 bits per heavy atom. The van der Waals surface area contributed by atoms with Crippen molar-refractivity contribution in [1.82, 2.24) is 5.32 Å². The van der Waals surface area contributed by atoms with E-state index in [-0.39, 0.29) is 90.6 Å². The minimum atomic E-state index is -1.63. The molecule has 30 atom stereocenters. The van der Waals surface area contributed by atoms with Crippen LogP contribution >= 0.6 is 0 Å². The van der Waals surface area contributed by atoms with Gasteiger partial charge in [-0.15, -0.1) is 0 Å². The molecule has 494 valence electrons. The van der Waals surface area contributed by atoms with Gasteiger partial charge in [-0.2, -0.15) is 0 Å². The molecule has 20 heteroatoms. The Balaban J connectivity index is 0.907. The lowest BCUT2D eigenvalue weighted by molar-refractivity contribution is -0.346. The van der Waals surface area contributed by atoms with Crippen LogP contribution < -0.4 is 5.32 Å². The summed E-state index contributed by atoms with van der Waals surface area (Å²) in [4.78, 5) is 42.8. The molecule has 30 unspecified atom stereocenters. The summed E-state index contributed by atoms with van der Waals surface area (Å²) in [6.07, 6.45) is 6.05. The van der Waals surface area contributed by atoms with Crippen molar-refractivity contribution in [1.29, 1.82) is 0 Å². The van der Waals surface area contributed by atoms with Crippen molar-refractivity contribution in [2.75, 3.05) is 0 Å². The van der Waals surface area contributed by atoms with E-state index in [1.54, 1.807) is 20.8 Å². The highest BCUT2D eigenvalue weighted by molar-refractivity contribution is 6.26. The summed E-state index contributed by atoms with van der Waals surface area (Å²) >= 11 is 0. The van der Waals surface area contributed by atoms with Crippen LogP contribution in [0.3, 0.4) is 0 Å². The molecule has 10 aliphatic rings. The van der Waals surface area contributed by atoms with Gasteiger partial charge in [-0.3, -0.25) is 9.59 Å². The zero-order valence-electron chi connectivity index (χ0n) is 54.3. The van der Waals surface area contributed by atoms with E-state index >= 15 is 4.79 Å². The standard InChI is InChI=1S/C68H103NO19/c1-15-16-43-17-18-44-27-36(6)59(87-55-31-66(13,77)62(41(11)82-55)69-42(12)70)34(4)25-32(2)46-20-19-45-57(67(46,14)63(74)56-64(75)68(44,30-43)88-65(56)76)33(3)26-35(5)60(45)85-52-24-22-49(38(8)79-52)83-54-29-50(84-51-23-21-47(71)37(7)78-51)61(40(10)81-54)86-53-28-48(72)58(73)39(9)80-53/h17-20,25,27,33-35,37-41,43-55,57-62,71-74,77H,15-16,21-24,26,28-31H2,1-14H3,(H,69,70)/b32-25+,36-27+,63-56+. The van der Waals surface area contributed by atoms with Crippen LogP contribution in [-0.2, 0) is 66.5 Å². The van der Waals surface area contributed by atoms with Crippen molar-refractivity contribution in [3.63, 3.8) is 0 Å². The number of allylic oxidation sites excluding steroid dienone is 4. The van der Waals surface area contributed by atoms with Gasteiger partial charge in [-0.05, 0) is 110 Å². The number of amides is 1. The monoisotopic (exact) mass is 1240 g/mol. The number of rotatable bonds is 13. The van der Waals surface area contributed by atoms with Gasteiger partial charge in [0.15, 0.2) is 37.1 Å². The lowest BCUT2D eigenvalue weighted by Crippen LogP contribution is -2.62. The first kappa shape index (κ1) is 67.4. The second-order valence-electron chi connectivity index (χ2n) is 28.6. The van der Waals surface area contributed by atoms with E-state index in [1.807, 2.05) is 53.7 Å². The molecule has 1 amide bonds. The van der Waals surface area contributed by atoms with Crippen LogP contribution in [0.15, 0.2) is 58.9 Å². The van der Waals surface area contributed by atoms with E-state index < -0.39 is 145 Å². The number of carbonyl (C=O) groups is 3. The van der Waals surface area contributed by atoms with Gasteiger partial charge in [0, 0.05) is 74.5 Å². The molecule has 10 rings (SSSR count). The first-order chi connectivity index (χ1) is 41.5. The summed E-state index contributed by atoms with van der Waals surface area (Å²) in [6, 6.07) is -0.672. The highest BCUT2D eigenvalue weighted by atomic mass is 16.8. The van der Waals surface area contributed by atoms with Crippen LogP contribution in [0.2, 0.25) is 0 Å². The van der Waals surface area contributed by atoms with E-state index in [1.165, 1.54) is 6.92 Å². The summed E-state index contributed by atoms with van der Waals surface area (Å²) in [7, 11) is 0. The Kier molecular flexibility index (Phi) is 20.6. The Hall–Kier alpha value is -3.45. The number of nitrogens with one attached hydrogen (secondary N) is 1. The summed E-state index contributed by atoms with van der Waals surface area (Å²) in [5.41, 5.74) is -2.82. The summed E-state index contributed by atoms with van der Waals surface area (Å²) in [5.74, 6) is -4.04. The number of fused-ring (bicyclic) bond motifs is 4. The fourth-order valence-corrected chi connectivity index (χ4v) is 17.3. The smallest absolute Gasteiger partial charge is 0.346 e. The molecule has 4 aliphatic carbocycles. The fourth-order valence-electron chi connectivity index (χ4n) is 17.3. The van der Waals surface area contributed by atoms with Gasteiger partial charge in [-0.1, -0.05) is 83.1 Å². The molecule has 6 saturated heterocycles. The number of ether oxygens (including phenoxy) is 11. The van der Waals surface area contributed by atoms with Crippen LogP contribution in [0.25, 0.3) is 0 Å². The maximum atomic E-state index is 15.7. The lowest BCUT2D eigenvalue weighted by Gasteiger charge is -2.56. The zero-order chi connectivity index (χ0) is 63.6. The highest BCUT2D eigenvalue weighted by Crippen LogP contribution is 2.61. The van der Waals surface area contributed by atoms with E-state index in [9.17, 15) is 35.1 Å². The number of Topliss-reactive ketones (excluding diaryl/α,β-unsaturated/α-hetero) is 1. The normalized spacial score (nSPS) is 51.2. The van der Waals surface area contributed by atoms with Crippen LogP contribution in [-0.4, -0.2) is 171 Å². The molecule has 6 N–H and O–H groups in total. The average molecular weight is 1240 g/mol. The van der Waals surface area contributed by atoms with Gasteiger partial charge in [0.2, 0.25) is 11.7 Å². The zero-order valence-corrected chi connectivity index (χ0v) is 54.3. The number of hydrogen-bond acceptors (Lipinski definition) is 19. The van der Waals surface area contributed by atoms with Crippen molar-refractivity contribution in [2.24, 2.45) is 52.8 Å². The molecule has 20 nitrogen and oxygen atoms in total. The largest absolute Gasteiger partial charge is 0.511 e. The summed E-state index contributed by atoms with van der Waals surface area (Å²) < 4.78 is 72.4. The van der Waals surface area contributed by atoms with E-state index in [0.717, 1.165) is 30.4 Å². The van der Waals surface area contributed by atoms with Crippen molar-refractivity contribution in [3.8, 4) is 0 Å². The average Bonchev–Trinajstić information content (AvgIpc) is 1.31. The number of aliphatic hydroxyl groups is 5. The molecule has 2 bridgehead atoms. The Labute approximate surface area is 520 Å². The number of hydrogen-bond donors (Lipinski definition) is 6. The molecule has 1 saturated carbocycles. The van der Waals surface area contributed by atoms with Crippen molar-refractivity contribution >= 4 is 17.7 Å². The topological polar surface area (TPSA) is 266 Å². The van der Waals surface area contributed by atoms with Gasteiger partial charge in [0.25, 0.3) is 0 Å². The predicted molar refractivity (Wildman–Crippen MR) is 321 cm³/mol. The minimum Gasteiger partial charge on any atom is -0.511 e. The molecule has 88 heavy (non-hydrogen) atoms. The fraction of sp³-hybridized carbons (Fsp3) is 0.809. The molecular formula is C68H103NO19. The number of aliphatic hydroxyl groups excluding tert-OH is 4. The molecule has 6 aliphatic heterocycles. The number of esters is 1. The highest BCUT2D eigenvalue weighted by Gasteiger charge is 2.64. The maximum absolute atomic E-state index is 15.7. The van der Waals surface area contributed by atoms with Crippen LogP contribution in [0.1, 0.15) is 168 Å². The molecule has 0 aromatic carbocycles. The Morgan fingerprint density at radius 3 is 1.99 bits per heavy atom. The van der Waals surface area contributed by atoms with Gasteiger partial charge < -0.3 is 83.0 Å². The SMILES string of the molecule is CCCC1C=CC2/C=C(\C)C(OC3CC(C)(O)C(NC(C)=O)C(C)O3)C(C)/C=C(\C)C3C=CC4C(OC5CCC(OC6CC(OC7CCC(O)C(C)O7)C(OC7CC(O)C(O)C(C)O7)C(C)O6)C(C)O5)C(C)CC(C)C4C3(C)/C(O)=C3\C(=O)OC2(C1)C3=O. The second-order valence-corrected chi connectivity index (χ2v) is 28.6. The number of carbonyl (C=O) groups excluding carboxylic acids is 3. The first-order valence-electron chi connectivity index (χ1n) is 33.1. The third kappa shape index (κ3) is 13.4. The van der Waals surface area contributed by atoms with Gasteiger partial charge in [0.05, 0.1) is 78.8 Å². The summed E-state index contributed by atoms with van der Waals surface area (Å²) in [6.45, 7) is 26.8. The van der Waals surface area contributed by atoms with Crippen molar-refractivity contribution in [3.05, 3.63) is 58.9 Å². The van der Waals surface area contributed by atoms with Crippen LogP contribution in [0.4, 0.5) is 0 Å². The van der Waals surface area contributed by atoms with Gasteiger partial charge >= 0.3 is 5.97 Å². The van der Waals surface area contributed by atoms with E-state index in [4.69, 9.17) is 52.1 Å². The van der Waals surface area contributed by atoms with Crippen LogP contribution in [0.5, 0.6) is 0 Å².